The number of piperidine rings is 1. The van der Waals surface area contributed by atoms with E-state index in [0.717, 1.165) is 18.5 Å². The Labute approximate surface area is 97.7 Å². The Morgan fingerprint density at radius 1 is 1.44 bits per heavy atom. The third-order valence-electron chi connectivity index (χ3n) is 3.46. The van der Waals surface area contributed by atoms with E-state index in [1.807, 2.05) is 12.1 Å². The molecule has 1 aromatic carbocycles. The van der Waals surface area contributed by atoms with Crippen LogP contribution in [0.4, 0.5) is 0 Å². The maximum absolute atomic E-state index is 10.3. The Balaban J connectivity index is 2.09. The fourth-order valence-corrected chi connectivity index (χ4v) is 2.48. The molecule has 2 N–H and O–H groups in total. The molecule has 0 aliphatic carbocycles. The predicted molar refractivity (Wildman–Crippen MR) is 66.3 cm³/mol. The minimum absolute atomic E-state index is 0.213. The zero-order valence-corrected chi connectivity index (χ0v) is 10.1. The fraction of sp³-hybridized carbons (Fsp3) is 0.571. The molecule has 0 spiro atoms. The van der Waals surface area contributed by atoms with Gasteiger partial charge in [-0.1, -0.05) is 36.8 Å². The second-order valence-electron chi connectivity index (χ2n) is 5.05. The predicted octanol–water partition coefficient (Wildman–Crippen LogP) is 2.42. The van der Waals surface area contributed by atoms with E-state index in [4.69, 9.17) is 0 Å². The van der Waals surface area contributed by atoms with Crippen LogP contribution < -0.4 is 5.32 Å². The second kappa shape index (κ2) is 4.98. The molecule has 2 rings (SSSR count). The summed E-state index contributed by atoms with van der Waals surface area (Å²) in [6.07, 6.45) is 1.91. The lowest BCUT2D eigenvalue weighted by atomic mass is 9.88. The van der Waals surface area contributed by atoms with Crippen LogP contribution >= 0.6 is 0 Å². The molecule has 0 aromatic heterocycles. The Morgan fingerprint density at radius 2 is 2.25 bits per heavy atom. The van der Waals surface area contributed by atoms with Gasteiger partial charge in [0.25, 0.3) is 0 Å². The van der Waals surface area contributed by atoms with Gasteiger partial charge in [0.2, 0.25) is 0 Å². The van der Waals surface area contributed by atoms with Crippen molar-refractivity contribution in [3.8, 4) is 0 Å². The number of aliphatic hydroxyl groups excluding tert-OH is 1. The molecule has 1 fully saturated rings. The van der Waals surface area contributed by atoms with Crippen LogP contribution in [0.3, 0.4) is 0 Å². The summed E-state index contributed by atoms with van der Waals surface area (Å²) in [5.74, 6) is 0.714. The Bertz CT molecular complexity index is 350. The molecule has 2 heteroatoms. The normalized spacial score (nSPS) is 27.7. The standard InChI is InChI=1S/C14H21NO/c1-10-4-3-5-12(8-10)14(16)13-9-11(2)6-7-15-13/h3-5,8,11,13-16H,6-7,9H2,1-2H3. The molecule has 0 saturated carbocycles. The first kappa shape index (κ1) is 11.6. The third kappa shape index (κ3) is 2.63. The molecule has 0 bridgehead atoms. The smallest absolute Gasteiger partial charge is 0.0943 e. The van der Waals surface area contributed by atoms with Crippen LogP contribution in [0.1, 0.15) is 37.0 Å². The third-order valence-corrected chi connectivity index (χ3v) is 3.46. The maximum Gasteiger partial charge on any atom is 0.0943 e. The zero-order valence-electron chi connectivity index (χ0n) is 10.1. The van der Waals surface area contributed by atoms with Gasteiger partial charge >= 0.3 is 0 Å². The Kier molecular flexibility index (Phi) is 3.62. The van der Waals surface area contributed by atoms with E-state index in [9.17, 15) is 5.11 Å². The minimum Gasteiger partial charge on any atom is -0.387 e. The highest BCUT2D eigenvalue weighted by atomic mass is 16.3. The molecule has 1 aromatic rings. The van der Waals surface area contributed by atoms with E-state index in [1.165, 1.54) is 12.0 Å². The highest BCUT2D eigenvalue weighted by Gasteiger charge is 2.25. The lowest BCUT2D eigenvalue weighted by Crippen LogP contribution is -2.41. The van der Waals surface area contributed by atoms with Crippen LogP contribution in [0.2, 0.25) is 0 Å². The van der Waals surface area contributed by atoms with Crippen molar-refractivity contribution in [2.45, 2.75) is 38.8 Å². The van der Waals surface area contributed by atoms with Crippen LogP contribution in [-0.4, -0.2) is 17.7 Å². The minimum atomic E-state index is -0.373. The van der Waals surface area contributed by atoms with Crippen molar-refractivity contribution < 1.29 is 5.11 Å². The molecule has 1 saturated heterocycles. The zero-order chi connectivity index (χ0) is 11.5. The van der Waals surface area contributed by atoms with Gasteiger partial charge in [-0.3, -0.25) is 0 Å². The molecule has 1 heterocycles. The van der Waals surface area contributed by atoms with Crippen molar-refractivity contribution in [1.82, 2.24) is 5.32 Å². The molecule has 0 amide bonds. The van der Waals surface area contributed by atoms with E-state index in [-0.39, 0.29) is 12.1 Å². The first-order chi connectivity index (χ1) is 7.66. The van der Waals surface area contributed by atoms with Gasteiger partial charge in [0.15, 0.2) is 0 Å². The lowest BCUT2D eigenvalue weighted by molar-refractivity contribution is 0.101. The number of rotatable bonds is 2. The number of benzene rings is 1. The van der Waals surface area contributed by atoms with Crippen LogP contribution in [0.5, 0.6) is 0 Å². The van der Waals surface area contributed by atoms with Gasteiger partial charge in [-0.15, -0.1) is 0 Å². The van der Waals surface area contributed by atoms with E-state index >= 15 is 0 Å². The van der Waals surface area contributed by atoms with Crippen molar-refractivity contribution in [3.05, 3.63) is 35.4 Å². The highest BCUT2D eigenvalue weighted by molar-refractivity contribution is 5.25. The van der Waals surface area contributed by atoms with Crippen molar-refractivity contribution in [3.63, 3.8) is 0 Å². The molecule has 3 atom stereocenters. The quantitative estimate of drug-likeness (QED) is 0.800. The first-order valence-electron chi connectivity index (χ1n) is 6.15. The summed E-state index contributed by atoms with van der Waals surface area (Å²) in [5.41, 5.74) is 2.24. The van der Waals surface area contributed by atoms with Gasteiger partial charge in [0.05, 0.1) is 6.10 Å². The van der Waals surface area contributed by atoms with Gasteiger partial charge in [-0.25, -0.2) is 0 Å². The fourth-order valence-electron chi connectivity index (χ4n) is 2.48. The van der Waals surface area contributed by atoms with Crippen molar-refractivity contribution in [1.29, 1.82) is 0 Å². The monoisotopic (exact) mass is 219 g/mol. The summed E-state index contributed by atoms with van der Waals surface area (Å²) in [4.78, 5) is 0. The van der Waals surface area contributed by atoms with E-state index < -0.39 is 0 Å². The van der Waals surface area contributed by atoms with Gasteiger partial charge in [0, 0.05) is 6.04 Å². The average molecular weight is 219 g/mol. The number of hydrogen-bond acceptors (Lipinski definition) is 2. The van der Waals surface area contributed by atoms with Crippen molar-refractivity contribution >= 4 is 0 Å². The molecule has 0 radical (unpaired) electrons. The molecule has 3 unspecified atom stereocenters. The lowest BCUT2D eigenvalue weighted by Gasteiger charge is -2.32. The number of aryl methyl sites for hydroxylation is 1. The molecule has 88 valence electrons. The van der Waals surface area contributed by atoms with E-state index in [0.29, 0.717) is 5.92 Å². The molecular weight excluding hydrogens is 198 g/mol. The largest absolute Gasteiger partial charge is 0.387 e. The van der Waals surface area contributed by atoms with E-state index in [2.05, 4.69) is 31.3 Å². The number of aliphatic hydroxyl groups is 1. The van der Waals surface area contributed by atoms with Crippen LogP contribution in [0, 0.1) is 12.8 Å². The van der Waals surface area contributed by atoms with Gasteiger partial charge in [-0.2, -0.15) is 0 Å². The molecule has 2 nitrogen and oxygen atoms in total. The Morgan fingerprint density at radius 3 is 2.94 bits per heavy atom. The van der Waals surface area contributed by atoms with Crippen molar-refractivity contribution in [2.24, 2.45) is 5.92 Å². The van der Waals surface area contributed by atoms with Gasteiger partial charge in [-0.05, 0) is 37.8 Å². The van der Waals surface area contributed by atoms with Crippen molar-refractivity contribution in [2.75, 3.05) is 6.54 Å². The van der Waals surface area contributed by atoms with Crippen LogP contribution in [-0.2, 0) is 0 Å². The summed E-state index contributed by atoms with van der Waals surface area (Å²) >= 11 is 0. The molecular formula is C14H21NO. The second-order valence-corrected chi connectivity index (χ2v) is 5.05. The average Bonchev–Trinajstić information content (AvgIpc) is 2.28. The topological polar surface area (TPSA) is 32.3 Å². The summed E-state index contributed by atoms with van der Waals surface area (Å²) in [6.45, 7) is 5.35. The summed E-state index contributed by atoms with van der Waals surface area (Å²) in [6, 6.07) is 8.38. The highest BCUT2D eigenvalue weighted by Crippen LogP contribution is 2.26. The Hall–Kier alpha value is -0.860. The van der Waals surface area contributed by atoms with Crippen LogP contribution in [0.15, 0.2) is 24.3 Å². The number of nitrogens with one attached hydrogen (secondary N) is 1. The molecule has 1 aliphatic heterocycles. The van der Waals surface area contributed by atoms with Crippen LogP contribution in [0.25, 0.3) is 0 Å². The molecule has 16 heavy (non-hydrogen) atoms. The number of hydrogen-bond donors (Lipinski definition) is 2. The van der Waals surface area contributed by atoms with Gasteiger partial charge < -0.3 is 10.4 Å². The summed E-state index contributed by atoms with van der Waals surface area (Å²) in [7, 11) is 0. The van der Waals surface area contributed by atoms with E-state index in [1.54, 1.807) is 0 Å². The molecule has 1 aliphatic rings. The summed E-state index contributed by atoms with van der Waals surface area (Å²) in [5, 5.41) is 13.7. The first-order valence-corrected chi connectivity index (χ1v) is 6.15. The summed E-state index contributed by atoms with van der Waals surface area (Å²) < 4.78 is 0. The van der Waals surface area contributed by atoms with Gasteiger partial charge in [0.1, 0.15) is 0 Å². The SMILES string of the molecule is Cc1cccc(C(O)C2CC(C)CCN2)c1. The maximum atomic E-state index is 10.3.